The molecule has 0 fully saturated rings. The molecule has 0 aliphatic carbocycles. The quantitative estimate of drug-likeness (QED) is 0.644. The topological polar surface area (TPSA) is 104 Å². The van der Waals surface area contributed by atoms with Gasteiger partial charge in [0.1, 0.15) is 0 Å². The van der Waals surface area contributed by atoms with E-state index < -0.39 is 12.0 Å². The van der Waals surface area contributed by atoms with Crippen molar-refractivity contribution in [2.75, 3.05) is 16.4 Å². The van der Waals surface area contributed by atoms with Crippen LogP contribution in [0.1, 0.15) is 10.4 Å². The van der Waals surface area contributed by atoms with E-state index in [1.54, 1.807) is 36.4 Å². The maximum Gasteiger partial charge on any atom is 0.335 e. The molecule has 0 aromatic heterocycles. The van der Waals surface area contributed by atoms with Crippen molar-refractivity contribution in [1.29, 1.82) is 0 Å². The summed E-state index contributed by atoms with van der Waals surface area (Å²) < 4.78 is 0. The van der Waals surface area contributed by atoms with Crippen molar-refractivity contribution in [3.63, 3.8) is 0 Å². The summed E-state index contributed by atoms with van der Waals surface area (Å²) in [5, 5.41) is 14.0. The van der Waals surface area contributed by atoms with Gasteiger partial charge < -0.3 is 21.5 Å². The van der Waals surface area contributed by atoms with Crippen LogP contribution >= 0.6 is 0 Å². The molecule has 0 heterocycles. The number of nitrogen functional groups attached to an aromatic ring is 1. The zero-order valence-corrected chi connectivity index (χ0v) is 10.5. The Hall–Kier alpha value is -3.02. The van der Waals surface area contributed by atoms with Gasteiger partial charge >= 0.3 is 12.0 Å². The summed E-state index contributed by atoms with van der Waals surface area (Å²) >= 11 is 0. The molecule has 0 saturated carbocycles. The smallest absolute Gasteiger partial charge is 0.335 e. The van der Waals surface area contributed by atoms with Crippen LogP contribution in [0.25, 0.3) is 0 Å². The number of para-hydroxylation sites is 2. The lowest BCUT2D eigenvalue weighted by Gasteiger charge is -2.09. The van der Waals surface area contributed by atoms with Crippen molar-refractivity contribution in [3.8, 4) is 0 Å². The van der Waals surface area contributed by atoms with Gasteiger partial charge in [0.2, 0.25) is 0 Å². The second-order valence-electron chi connectivity index (χ2n) is 4.05. The fraction of sp³-hybridized carbons (Fsp3) is 0. The first kappa shape index (κ1) is 13.4. The molecular formula is C14H13N3O3. The van der Waals surface area contributed by atoms with Crippen molar-refractivity contribution in [2.24, 2.45) is 0 Å². The number of carboxylic acid groups (broad SMARTS) is 1. The Kier molecular flexibility index (Phi) is 3.85. The van der Waals surface area contributed by atoms with Gasteiger partial charge in [-0.25, -0.2) is 9.59 Å². The largest absolute Gasteiger partial charge is 0.478 e. The number of amides is 2. The number of carbonyl (C=O) groups excluding carboxylic acids is 1. The monoisotopic (exact) mass is 271 g/mol. The molecule has 0 atom stereocenters. The molecular weight excluding hydrogens is 258 g/mol. The first-order chi connectivity index (χ1) is 9.56. The van der Waals surface area contributed by atoms with Gasteiger partial charge in [0, 0.05) is 5.69 Å². The molecule has 20 heavy (non-hydrogen) atoms. The number of benzene rings is 2. The van der Waals surface area contributed by atoms with Gasteiger partial charge in [-0.05, 0) is 30.3 Å². The highest BCUT2D eigenvalue weighted by molar-refractivity contribution is 6.02. The maximum atomic E-state index is 11.8. The molecule has 0 aliphatic rings. The Balaban J connectivity index is 2.07. The summed E-state index contributed by atoms with van der Waals surface area (Å²) in [6, 6.07) is 12.3. The predicted molar refractivity (Wildman–Crippen MR) is 76.9 cm³/mol. The third kappa shape index (κ3) is 3.26. The summed E-state index contributed by atoms with van der Waals surface area (Å²) in [6.45, 7) is 0. The second kappa shape index (κ2) is 5.75. The van der Waals surface area contributed by atoms with Crippen LogP contribution in [0.3, 0.4) is 0 Å². The Morgan fingerprint density at radius 1 is 1.00 bits per heavy atom. The Bertz CT molecular complexity index is 656. The number of urea groups is 1. The first-order valence-electron chi connectivity index (χ1n) is 5.82. The zero-order chi connectivity index (χ0) is 14.5. The summed E-state index contributed by atoms with van der Waals surface area (Å²) in [4.78, 5) is 22.6. The summed E-state index contributed by atoms with van der Waals surface area (Å²) in [5.41, 5.74) is 7.12. The van der Waals surface area contributed by atoms with Gasteiger partial charge in [0.15, 0.2) is 0 Å². The van der Waals surface area contributed by atoms with E-state index in [4.69, 9.17) is 10.8 Å². The van der Waals surface area contributed by atoms with Crippen molar-refractivity contribution in [1.82, 2.24) is 0 Å². The van der Waals surface area contributed by atoms with Crippen LogP contribution in [0.15, 0.2) is 48.5 Å². The van der Waals surface area contributed by atoms with Crippen LogP contribution < -0.4 is 16.4 Å². The molecule has 0 radical (unpaired) electrons. The van der Waals surface area contributed by atoms with Crippen LogP contribution in [-0.2, 0) is 0 Å². The van der Waals surface area contributed by atoms with E-state index in [1.165, 1.54) is 12.1 Å². The third-order valence-electron chi connectivity index (χ3n) is 2.58. The Labute approximate surface area is 115 Å². The molecule has 2 aromatic rings. The molecule has 2 rings (SSSR count). The minimum Gasteiger partial charge on any atom is -0.478 e. The number of nitrogens with two attached hydrogens (primary N) is 1. The molecule has 0 aliphatic heterocycles. The molecule has 0 unspecified atom stereocenters. The van der Waals surface area contributed by atoms with E-state index in [9.17, 15) is 9.59 Å². The maximum absolute atomic E-state index is 11.8. The first-order valence-corrected chi connectivity index (χ1v) is 5.82. The number of carboxylic acids is 1. The average Bonchev–Trinajstić information content (AvgIpc) is 2.41. The van der Waals surface area contributed by atoms with Crippen molar-refractivity contribution in [2.45, 2.75) is 0 Å². The molecule has 102 valence electrons. The van der Waals surface area contributed by atoms with Crippen LogP contribution in [0, 0.1) is 0 Å². The second-order valence-corrected chi connectivity index (χ2v) is 4.05. The summed E-state index contributed by atoms with van der Waals surface area (Å²) in [5.74, 6) is -1.05. The van der Waals surface area contributed by atoms with Crippen LogP contribution in [0.5, 0.6) is 0 Å². The third-order valence-corrected chi connectivity index (χ3v) is 2.58. The average molecular weight is 271 g/mol. The van der Waals surface area contributed by atoms with E-state index in [2.05, 4.69) is 10.6 Å². The van der Waals surface area contributed by atoms with Gasteiger partial charge in [0.05, 0.1) is 16.9 Å². The lowest BCUT2D eigenvalue weighted by atomic mass is 10.2. The molecule has 2 amide bonds. The Morgan fingerprint density at radius 2 is 1.75 bits per heavy atom. The normalized spacial score (nSPS) is 9.80. The van der Waals surface area contributed by atoms with Crippen molar-refractivity contribution < 1.29 is 14.7 Å². The van der Waals surface area contributed by atoms with Crippen molar-refractivity contribution >= 4 is 29.1 Å². The SMILES string of the molecule is Nc1ccccc1NC(=O)Nc1cccc(C(=O)O)c1. The van der Waals surface area contributed by atoms with Gasteiger partial charge in [-0.15, -0.1) is 0 Å². The number of anilines is 3. The van der Waals surface area contributed by atoms with Crippen LogP contribution in [-0.4, -0.2) is 17.1 Å². The van der Waals surface area contributed by atoms with Crippen LogP contribution in [0.4, 0.5) is 21.9 Å². The van der Waals surface area contributed by atoms with E-state index in [-0.39, 0.29) is 5.56 Å². The number of hydrogen-bond donors (Lipinski definition) is 4. The zero-order valence-electron chi connectivity index (χ0n) is 10.5. The van der Waals surface area contributed by atoms with E-state index in [1.807, 2.05) is 0 Å². The van der Waals surface area contributed by atoms with Gasteiger partial charge in [0.25, 0.3) is 0 Å². The fourth-order valence-electron chi connectivity index (χ4n) is 1.63. The lowest BCUT2D eigenvalue weighted by Crippen LogP contribution is -2.20. The molecule has 0 spiro atoms. The van der Waals surface area contributed by atoms with Crippen molar-refractivity contribution in [3.05, 3.63) is 54.1 Å². The van der Waals surface area contributed by atoms with Gasteiger partial charge in [-0.3, -0.25) is 0 Å². The standard InChI is InChI=1S/C14H13N3O3/c15-11-6-1-2-7-12(11)17-14(20)16-10-5-3-4-9(8-10)13(18)19/h1-8H,15H2,(H,18,19)(H2,16,17,20). The lowest BCUT2D eigenvalue weighted by molar-refractivity contribution is 0.0697. The van der Waals surface area contributed by atoms with E-state index >= 15 is 0 Å². The minimum atomic E-state index is -1.05. The Morgan fingerprint density at radius 3 is 2.45 bits per heavy atom. The molecule has 0 saturated heterocycles. The highest BCUT2D eigenvalue weighted by atomic mass is 16.4. The van der Waals surface area contributed by atoms with Crippen LogP contribution in [0.2, 0.25) is 0 Å². The summed E-state index contributed by atoms with van der Waals surface area (Å²) in [6.07, 6.45) is 0. The molecule has 5 N–H and O–H groups in total. The van der Waals surface area contributed by atoms with E-state index in [0.29, 0.717) is 17.1 Å². The number of rotatable bonds is 3. The van der Waals surface area contributed by atoms with Gasteiger partial charge in [-0.1, -0.05) is 18.2 Å². The van der Waals surface area contributed by atoms with E-state index in [0.717, 1.165) is 0 Å². The molecule has 6 nitrogen and oxygen atoms in total. The van der Waals surface area contributed by atoms with Gasteiger partial charge in [-0.2, -0.15) is 0 Å². The molecule has 6 heteroatoms. The number of nitrogens with one attached hydrogen (secondary N) is 2. The summed E-state index contributed by atoms with van der Waals surface area (Å²) in [7, 11) is 0. The molecule has 0 bridgehead atoms. The number of carbonyl (C=O) groups is 2. The number of aromatic carboxylic acids is 1. The number of hydrogen-bond acceptors (Lipinski definition) is 3. The molecule has 2 aromatic carbocycles. The predicted octanol–water partition coefficient (Wildman–Crippen LogP) is 2.61. The minimum absolute atomic E-state index is 0.0991. The highest BCUT2D eigenvalue weighted by Gasteiger charge is 2.07. The fourth-order valence-corrected chi connectivity index (χ4v) is 1.63. The highest BCUT2D eigenvalue weighted by Crippen LogP contribution is 2.17.